The Labute approximate surface area is 230 Å². The van der Waals surface area contributed by atoms with Crippen LogP contribution in [0.5, 0.6) is 0 Å². The third-order valence-electron chi connectivity index (χ3n) is 6.02. The van der Waals surface area contributed by atoms with Crippen LogP contribution < -0.4 is 10.6 Å². The molecule has 1 heterocycles. The van der Waals surface area contributed by atoms with Gasteiger partial charge < -0.3 is 20.5 Å². The molecular weight excluding hydrogens is 533 g/mol. The number of hydrogen-bond acceptors (Lipinski definition) is 5. The van der Waals surface area contributed by atoms with Crippen LogP contribution >= 0.6 is 10.6 Å². The molecule has 0 fully saturated rings. The maximum absolute atomic E-state index is 12.9. The summed E-state index contributed by atoms with van der Waals surface area (Å²) < 4.78 is 58.4. The number of likely N-dealkylation sites (N-methyl/N-ethyl adjacent to an activating group) is 1. The lowest BCUT2D eigenvalue weighted by Crippen LogP contribution is -2.35. The van der Waals surface area contributed by atoms with E-state index in [0.29, 0.717) is 29.1 Å². The Balaban J connectivity index is 3.17. The zero-order valence-electron chi connectivity index (χ0n) is 23.4. The lowest BCUT2D eigenvalue weighted by atomic mass is 10.1. The second-order valence-electron chi connectivity index (χ2n) is 8.94. The number of carbonyl (C=O) groups excluding carboxylic acids is 2. The Morgan fingerprint density at radius 1 is 1.13 bits per heavy atom. The van der Waals surface area contributed by atoms with Gasteiger partial charge in [0.05, 0.1) is 17.1 Å². The molecule has 1 aromatic rings. The summed E-state index contributed by atoms with van der Waals surface area (Å²) in [6.45, 7) is 13.2. The fourth-order valence-corrected chi connectivity index (χ4v) is 4.63. The van der Waals surface area contributed by atoms with E-state index in [2.05, 4.69) is 34.4 Å². The van der Waals surface area contributed by atoms with Crippen LogP contribution in [0.4, 0.5) is 13.2 Å². The van der Waals surface area contributed by atoms with Crippen molar-refractivity contribution in [1.29, 1.82) is 0 Å². The molecule has 0 unspecified atom stereocenters. The van der Waals surface area contributed by atoms with E-state index in [1.165, 1.54) is 24.4 Å². The molecule has 2 amide bonds. The number of rotatable bonds is 14. The van der Waals surface area contributed by atoms with Crippen LogP contribution in [0.15, 0.2) is 41.7 Å². The Kier molecular flexibility index (Phi) is 13.8. The maximum Gasteiger partial charge on any atom is 0.412 e. The van der Waals surface area contributed by atoms with Crippen molar-refractivity contribution < 1.29 is 31.9 Å². The van der Waals surface area contributed by atoms with Gasteiger partial charge in [-0.3, -0.25) is 18.7 Å². The predicted molar refractivity (Wildman–Crippen MR) is 153 cm³/mol. The van der Waals surface area contributed by atoms with E-state index < -0.39 is 34.0 Å². The highest BCUT2D eigenvalue weighted by molar-refractivity contribution is 8.24. The van der Waals surface area contributed by atoms with Gasteiger partial charge in [0.15, 0.2) is 0 Å². The van der Waals surface area contributed by atoms with Crippen molar-refractivity contribution in [3.05, 3.63) is 64.2 Å². The second kappa shape index (κ2) is 15.7. The summed E-state index contributed by atoms with van der Waals surface area (Å²) in [6, 6.07) is 0. The minimum atomic E-state index is -4.54. The van der Waals surface area contributed by atoms with Gasteiger partial charge in [0, 0.05) is 35.6 Å². The van der Waals surface area contributed by atoms with Crippen LogP contribution in [0.2, 0.25) is 0 Å². The second-order valence-corrected chi connectivity index (χ2v) is 11.2. The van der Waals surface area contributed by atoms with Crippen LogP contribution in [0, 0.1) is 13.8 Å². The molecule has 0 aliphatic carbocycles. The standard InChI is InChI=1S/C27H41F3N4O4S/c1-7-13-31-25(35)22(11-10-16-39(37,38)17-12-19(4)27(28,29)30)18-23-20(5)24(21(6)33-23)26(36)32-14-15-34(8-2)9-3/h7,10-13,18,33,37-38H,8-9,14-17H2,1-6H3,(H,31,35)(H,32,36). The van der Waals surface area contributed by atoms with Crippen LogP contribution in [0.1, 0.15) is 55.0 Å². The number of halogens is 3. The lowest BCUT2D eigenvalue weighted by molar-refractivity contribution is -0.116. The number of amides is 2. The molecule has 0 radical (unpaired) electrons. The highest BCUT2D eigenvalue weighted by atomic mass is 32.3. The molecule has 0 atom stereocenters. The van der Waals surface area contributed by atoms with E-state index in [0.717, 1.165) is 32.6 Å². The number of H-pyrrole nitrogens is 1. The molecule has 5 N–H and O–H groups in total. The highest BCUT2D eigenvalue weighted by Gasteiger charge is 2.30. The normalized spacial score (nSPS) is 14.1. The SMILES string of the molecule is CC=CNC(=O)C(C=CCS(O)(O)CC=C(C)C(F)(F)F)=Cc1[nH]c(C)c(C(=O)NCCN(CC)CC)c1C. The van der Waals surface area contributed by atoms with Gasteiger partial charge in [0.1, 0.15) is 0 Å². The zero-order chi connectivity index (χ0) is 29.8. The Morgan fingerprint density at radius 2 is 1.77 bits per heavy atom. The highest BCUT2D eigenvalue weighted by Crippen LogP contribution is 2.39. The van der Waals surface area contributed by atoms with Crippen LogP contribution in [0.3, 0.4) is 0 Å². The third kappa shape index (κ3) is 11.5. The number of carbonyl (C=O) groups is 2. The molecule has 0 saturated heterocycles. The van der Waals surface area contributed by atoms with Crippen LogP contribution in [-0.4, -0.2) is 74.7 Å². The molecule has 0 saturated carbocycles. The third-order valence-corrected chi connectivity index (χ3v) is 7.45. The van der Waals surface area contributed by atoms with Gasteiger partial charge in [0.2, 0.25) is 0 Å². The first-order valence-corrected chi connectivity index (χ1v) is 14.5. The van der Waals surface area contributed by atoms with Crippen molar-refractivity contribution in [3.8, 4) is 0 Å². The number of nitrogens with one attached hydrogen (secondary N) is 3. The first-order chi connectivity index (χ1) is 18.2. The van der Waals surface area contributed by atoms with Gasteiger partial charge >= 0.3 is 6.18 Å². The Bertz CT molecular complexity index is 1100. The molecule has 0 aromatic carbocycles. The van der Waals surface area contributed by atoms with Gasteiger partial charge in [-0.2, -0.15) is 23.8 Å². The van der Waals surface area contributed by atoms with Crippen molar-refractivity contribution in [3.63, 3.8) is 0 Å². The molecule has 220 valence electrons. The van der Waals surface area contributed by atoms with Gasteiger partial charge in [0.25, 0.3) is 11.8 Å². The first kappa shape index (κ1) is 34.2. The summed E-state index contributed by atoms with van der Waals surface area (Å²) in [5.74, 6) is -1.63. The molecule has 0 aliphatic rings. The largest absolute Gasteiger partial charge is 0.412 e. The molecule has 1 rings (SSSR count). The fraction of sp³-hybridized carbons (Fsp3) is 0.481. The molecule has 39 heavy (non-hydrogen) atoms. The summed E-state index contributed by atoms with van der Waals surface area (Å²) in [5, 5.41) is 5.51. The molecular formula is C27H41F3N4O4S. The van der Waals surface area contributed by atoms with Crippen LogP contribution in [-0.2, 0) is 4.79 Å². The number of alkyl halides is 3. The van der Waals surface area contributed by atoms with E-state index in [1.807, 2.05) is 0 Å². The number of aryl methyl sites for hydroxylation is 1. The van der Waals surface area contributed by atoms with Crippen LogP contribution in [0.25, 0.3) is 6.08 Å². The molecule has 12 heteroatoms. The molecule has 0 bridgehead atoms. The number of hydrogen-bond donors (Lipinski definition) is 5. The fourth-order valence-electron chi connectivity index (χ4n) is 3.57. The van der Waals surface area contributed by atoms with Crippen molar-refractivity contribution in [1.82, 2.24) is 20.5 Å². The summed E-state index contributed by atoms with van der Waals surface area (Å²) in [7, 11) is -3.39. The van der Waals surface area contributed by atoms with Crippen molar-refractivity contribution >= 4 is 28.5 Å². The quantitative estimate of drug-likeness (QED) is 0.113. The maximum atomic E-state index is 12.9. The van der Waals surface area contributed by atoms with Crippen molar-refractivity contribution in [2.75, 3.05) is 37.7 Å². The van der Waals surface area contributed by atoms with Gasteiger partial charge in [-0.15, -0.1) is 0 Å². The summed E-state index contributed by atoms with van der Waals surface area (Å²) in [5.41, 5.74) is 1.48. The average Bonchev–Trinajstić information content (AvgIpc) is 3.14. The molecule has 0 spiro atoms. The van der Waals surface area contributed by atoms with Gasteiger partial charge in [-0.05, 0) is 58.6 Å². The van der Waals surface area contributed by atoms with E-state index in [-0.39, 0.29) is 17.2 Å². The van der Waals surface area contributed by atoms with Gasteiger partial charge in [-0.25, -0.2) is 0 Å². The number of allylic oxidation sites excluding steroid dienone is 2. The van der Waals surface area contributed by atoms with E-state index in [4.69, 9.17) is 0 Å². The number of aromatic amines is 1. The van der Waals surface area contributed by atoms with E-state index in [9.17, 15) is 31.9 Å². The number of aromatic nitrogens is 1. The molecule has 8 nitrogen and oxygen atoms in total. The Morgan fingerprint density at radius 3 is 2.33 bits per heavy atom. The summed E-state index contributed by atoms with van der Waals surface area (Å²) >= 11 is 0. The topological polar surface area (TPSA) is 118 Å². The summed E-state index contributed by atoms with van der Waals surface area (Å²) in [6.07, 6.45) is 3.49. The number of nitrogens with zero attached hydrogens (tertiary/aromatic N) is 1. The van der Waals surface area contributed by atoms with Crippen molar-refractivity contribution in [2.45, 2.75) is 47.7 Å². The zero-order valence-corrected chi connectivity index (χ0v) is 24.2. The monoisotopic (exact) mass is 574 g/mol. The molecule has 1 aromatic heterocycles. The first-order valence-electron chi connectivity index (χ1n) is 12.6. The smallest absolute Gasteiger partial charge is 0.358 e. The van der Waals surface area contributed by atoms with Crippen molar-refractivity contribution in [2.24, 2.45) is 0 Å². The Hall–Kier alpha value is -2.80. The minimum Gasteiger partial charge on any atom is -0.358 e. The van der Waals surface area contributed by atoms with E-state index in [1.54, 1.807) is 26.8 Å². The predicted octanol–water partition coefficient (Wildman–Crippen LogP) is 5.55. The minimum absolute atomic E-state index is 0.142. The lowest BCUT2D eigenvalue weighted by Gasteiger charge is -2.29. The molecule has 0 aliphatic heterocycles. The summed E-state index contributed by atoms with van der Waals surface area (Å²) in [4.78, 5) is 30.9. The average molecular weight is 575 g/mol. The van der Waals surface area contributed by atoms with Gasteiger partial charge in [-0.1, -0.05) is 38.2 Å². The van der Waals surface area contributed by atoms with E-state index >= 15 is 0 Å².